The number of aromatic amines is 1. The van der Waals surface area contributed by atoms with Crippen LogP contribution in [0.1, 0.15) is 13.8 Å². The van der Waals surface area contributed by atoms with Crippen LogP contribution in [0.5, 0.6) is 0 Å². The molecule has 0 aromatic carbocycles. The molecule has 5 nitrogen and oxygen atoms in total. The summed E-state index contributed by atoms with van der Waals surface area (Å²) in [6.07, 6.45) is 1.20. The summed E-state index contributed by atoms with van der Waals surface area (Å²) in [4.78, 5) is 13.2. The Morgan fingerprint density at radius 1 is 1.33 bits per heavy atom. The van der Waals surface area contributed by atoms with Crippen LogP contribution >= 0.6 is 0 Å². The predicted molar refractivity (Wildman–Crippen MR) is 57.1 cm³/mol. The van der Waals surface area contributed by atoms with Gasteiger partial charge in [-0.2, -0.15) is 4.31 Å². The number of hydrogen-bond donors (Lipinski definition) is 1. The van der Waals surface area contributed by atoms with Gasteiger partial charge in [0.05, 0.1) is 4.90 Å². The van der Waals surface area contributed by atoms with Crippen molar-refractivity contribution in [1.29, 1.82) is 0 Å². The second-order valence-corrected chi connectivity index (χ2v) is 5.50. The van der Waals surface area contributed by atoms with Crippen LogP contribution in [0, 0.1) is 0 Å². The molecule has 0 bridgehead atoms. The van der Waals surface area contributed by atoms with E-state index in [2.05, 4.69) is 4.98 Å². The maximum Gasteiger partial charge on any atom is 0.247 e. The number of sulfonamides is 1. The SMILES string of the molecule is CC(C)N(C)S(=O)(=O)c1ccc(=O)[nH]c1. The molecule has 0 atom stereocenters. The highest BCUT2D eigenvalue weighted by Gasteiger charge is 2.22. The van der Waals surface area contributed by atoms with Crippen molar-refractivity contribution >= 4 is 10.0 Å². The molecule has 1 aromatic rings. The Bertz CT molecular complexity index is 470. The zero-order valence-electron chi connectivity index (χ0n) is 8.89. The lowest BCUT2D eigenvalue weighted by Crippen LogP contribution is -2.33. The highest BCUT2D eigenvalue weighted by Crippen LogP contribution is 2.13. The Balaban J connectivity index is 3.17. The molecule has 0 aliphatic heterocycles. The molecule has 0 aliphatic carbocycles. The zero-order valence-corrected chi connectivity index (χ0v) is 9.71. The average Bonchev–Trinajstić information content (AvgIpc) is 2.17. The third-order valence-electron chi connectivity index (χ3n) is 2.16. The fourth-order valence-corrected chi connectivity index (χ4v) is 2.34. The number of H-pyrrole nitrogens is 1. The molecule has 0 fully saturated rings. The van der Waals surface area contributed by atoms with Crippen LogP contribution < -0.4 is 5.56 Å². The van der Waals surface area contributed by atoms with Gasteiger partial charge in [-0.15, -0.1) is 0 Å². The molecule has 1 N–H and O–H groups in total. The minimum absolute atomic E-state index is 0.0956. The van der Waals surface area contributed by atoms with Crippen molar-refractivity contribution in [3.05, 3.63) is 28.7 Å². The van der Waals surface area contributed by atoms with Crippen molar-refractivity contribution in [2.24, 2.45) is 0 Å². The minimum atomic E-state index is -3.49. The number of hydrogen-bond acceptors (Lipinski definition) is 3. The fourth-order valence-electron chi connectivity index (χ4n) is 1.00. The molecule has 0 unspecified atom stereocenters. The summed E-state index contributed by atoms with van der Waals surface area (Å²) in [6.45, 7) is 3.56. The molecule has 0 saturated heterocycles. The minimum Gasteiger partial charge on any atom is -0.328 e. The Morgan fingerprint density at radius 2 is 1.93 bits per heavy atom. The number of nitrogens with one attached hydrogen (secondary N) is 1. The highest BCUT2D eigenvalue weighted by atomic mass is 32.2. The molecular weight excluding hydrogens is 216 g/mol. The Morgan fingerprint density at radius 3 is 2.33 bits per heavy atom. The van der Waals surface area contributed by atoms with E-state index in [0.29, 0.717) is 0 Å². The van der Waals surface area contributed by atoms with Gasteiger partial charge >= 0.3 is 0 Å². The number of rotatable bonds is 3. The highest BCUT2D eigenvalue weighted by molar-refractivity contribution is 7.89. The summed E-state index contributed by atoms with van der Waals surface area (Å²) in [5.74, 6) is 0. The summed E-state index contributed by atoms with van der Waals surface area (Å²) in [7, 11) is -1.99. The van der Waals surface area contributed by atoms with Gasteiger partial charge < -0.3 is 4.98 Å². The van der Waals surface area contributed by atoms with E-state index in [0.717, 1.165) is 0 Å². The van der Waals surface area contributed by atoms with Crippen molar-refractivity contribution in [3.8, 4) is 0 Å². The van der Waals surface area contributed by atoms with Crippen molar-refractivity contribution in [1.82, 2.24) is 9.29 Å². The van der Waals surface area contributed by atoms with Gasteiger partial charge in [-0.05, 0) is 19.9 Å². The van der Waals surface area contributed by atoms with Crippen LogP contribution in [0.25, 0.3) is 0 Å². The van der Waals surface area contributed by atoms with Gasteiger partial charge in [0.2, 0.25) is 15.6 Å². The van der Waals surface area contributed by atoms with E-state index in [9.17, 15) is 13.2 Å². The summed E-state index contributed by atoms with van der Waals surface area (Å²) >= 11 is 0. The maximum absolute atomic E-state index is 11.9. The van der Waals surface area contributed by atoms with Crippen LogP contribution in [0.15, 0.2) is 28.0 Å². The molecule has 15 heavy (non-hydrogen) atoms. The van der Waals surface area contributed by atoms with Crippen LogP contribution in [-0.4, -0.2) is 30.8 Å². The Labute approximate surface area is 88.8 Å². The Kier molecular flexibility index (Phi) is 3.31. The average molecular weight is 230 g/mol. The molecule has 0 aliphatic rings. The van der Waals surface area contributed by atoms with E-state index in [-0.39, 0.29) is 16.5 Å². The largest absolute Gasteiger partial charge is 0.328 e. The third-order valence-corrected chi connectivity index (χ3v) is 4.19. The topological polar surface area (TPSA) is 70.2 Å². The van der Waals surface area contributed by atoms with Crippen molar-refractivity contribution in [2.75, 3.05) is 7.05 Å². The second kappa shape index (κ2) is 4.16. The van der Waals surface area contributed by atoms with Gasteiger partial charge in [-0.25, -0.2) is 8.42 Å². The zero-order chi connectivity index (χ0) is 11.6. The number of aromatic nitrogens is 1. The van der Waals surface area contributed by atoms with Crippen molar-refractivity contribution < 1.29 is 8.42 Å². The summed E-state index contributed by atoms with van der Waals surface area (Å²) < 4.78 is 25.0. The monoisotopic (exact) mass is 230 g/mol. The van der Waals surface area contributed by atoms with E-state index in [1.54, 1.807) is 13.8 Å². The van der Waals surface area contributed by atoms with Crippen molar-refractivity contribution in [3.63, 3.8) is 0 Å². The first kappa shape index (κ1) is 11.9. The molecule has 84 valence electrons. The van der Waals surface area contributed by atoms with Crippen molar-refractivity contribution in [2.45, 2.75) is 24.8 Å². The molecule has 1 aromatic heterocycles. The van der Waals surface area contributed by atoms with Crippen LogP contribution in [0.3, 0.4) is 0 Å². The molecule has 0 spiro atoms. The lowest BCUT2D eigenvalue weighted by Gasteiger charge is -2.20. The quantitative estimate of drug-likeness (QED) is 0.817. The first-order chi connectivity index (χ1) is 6.85. The van der Waals surface area contributed by atoms with Gasteiger partial charge in [0.1, 0.15) is 0 Å². The lowest BCUT2D eigenvalue weighted by molar-refractivity contribution is 0.410. The smallest absolute Gasteiger partial charge is 0.247 e. The first-order valence-electron chi connectivity index (χ1n) is 4.52. The summed E-state index contributed by atoms with van der Waals surface area (Å²) in [5.41, 5.74) is -0.318. The number of nitrogens with zero attached hydrogens (tertiary/aromatic N) is 1. The fraction of sp³-hybridized carbons (Fsp3) is 0.444. The molecule has 0 amide bonds. The lowest BCUT2D eigenvalue weighted by atomic mass is 10.4. The van der Waals surface area contributed by atoms with E-state index >= 15 is 0 Å². The van der Waals surface area contributed by atoms with Gasteiger partial charge in [0, 0.05) is 25.4 Å². The van der Waals surface area contributed by atoms with Crippen LogP contribution in [-0.2, 0) is 10.0 Å². The number of pyridine rings is 1. The van der Waals surface area contributed by atoms with E-state index in [4.69, 9.17) is 0 Å². The Hall–Kier alpha value is -1.14. The van der Waals surface area contributed by atoms with Gasteiger partial charge in [0.15, 0.2) is 0 Å². The van der Waals surface area contributed by atoms with E-state index in [1.807, 2.05) is 0 Å². The second-order valence-electron chi connectivity index (χ2n) is 3.50. The summed E-state index contributed by atoms with van der Waals surface area (Å²) in [5, 5.41) is 0. The molecule has 0 saturated carbocycles. The standard InChI is InChI=1S/C9H14N2O3S/c1-7(2)11(3)15(13,14)8-4-5-9(12)10-6-8/h4-7H,1-3H3,(H,10,12). The molecule has 6 heteroatoms. The molecule has 1 heterocycles. The van der Waals surface area contributed by atoms with E-state index < -0.39 is 10.0 Å². The normalized spacial score (nSPS) is 12.3. The van der Waals surface area contributed by atoms with Gasteiger partial charge in [0.25, 0.3) is 0 Å². The van der Waals surface area contributed by atoms with Gasteiger partial charge in [-0.1, -0.05) is 0 Å². The molecule has 1 rings (SSSR count). The first-order valence-corrected chi connectivity index (χ1v) is 5.96. The molecular formula is C9H14N2O3S. The van der Waals surface area contributed by atoms with Crippen LogP contribution in [0.2, 0.25) is 0 Å². The molecule has 0 radical (unpaired) electrons. The van der Waals surface area contributed by atoms with E-state index in [1.165, 1.54) is 29.7 Å². The third kappa shape index (κ3) is 2.45. The maximum atomic E-state index is 11.9. The summed E-state index contributed by atoms with van der Waals surface area (Å²) in [6, 6.07) is 2.37. The van der Waals surface area contributed by atoms with Gasteiger partial charge in [-0.3, -0.25) is 4.79 Å². The van der Waals surface area contributed by atoms with Crippen LogP contribution in [0.4, 0.5) is 0 Å². The predicted octanol–water partition coefficient (Wildman–Crippen LogP) is 0.404.